The third kappa shape index (κ3) is 5.32. The molecule has 0 saturated carbocycles. The lowest BCUT2D eigenvalue weighted by molar-refractivity contribution is -0.141. The lowest BCUT2D eigenvalue weighted by Crippen LogP contribution is -2.19. The van der Waals surface area contributed by atoms with Crippen LogP contribution in [0.25, 0.3) is 16.9 Å². The van der Waals surface area contributed by atoms with Crippen LogP contribution in [0.3, 0.4) is 0 Å². The third-order valence-corrected chi connectivity index (χ3v) is 6.17. The van der Waals surface area contributed by atoms with E-state index in [2.05, 4.69) is 15.0 Å². The fourth-order valence-corrected chi connectivity index (χ4v) is 3.81. The summed E-state index contributed by atoms with van der Waals surface area (Å²) in [6, 6.07) is 4.48. The first-order valence-corrected chi connectivity index (χ1v) is 10.7. The van der Waals surface area contributed by atoms with Crippen LogP contribution in [0, 0.1) is 0 Å². The zero-order valence-electron chi connectivity index (χ0n) is 16.7. The highest BCUT2D eigenvalue weighted by atomic mass is 32.2. The van der Waals surface area contributed by atoms with Gasteiger partial charge in [-0.15, -0.1) is 0 Å². The molecule has 33 heavy (non-hydrogen) atoms. The Morgan fingerprint density at radius 3 is 2.48 bits per heavy atom. The van der Waals surface area contributed by atoms with Gasteiger partial charge in [-0.05, 0) is 24.3 Å². The fraction of sp³-hybridized carbons (Fsp3) is 0.211. The van der Waals surface area contributed by atoms with Crippen molar-refractivity contribution in [3.63, 3.8) is 0 Å². The Hall–Kier alpha value is -3.42. The number of fused-ring (bicyclic) bond motifs is 1. The summed E-state index contributed by atoms with van der Waals surface area (Å²) < 4.78 is 103. The predicted molar refractivity (Wildman–Crippen MR) is 108 cm³/mol. The van der Waals surface area contributed by atoms with Crippen molar-refractivity contribution < 1.29 is 34.8 Å². The molecule has 3 rings (SSSR count). The molecule has 0 bridgehead atoms. The van der Waals surface area contributed by atoms with Gasteiger partial charge in [-0.3, -0.25) is 9.39 Å². The molecule has 14 heteroatoms. The van der Waals surface area contributed by atoms with Gasteiger partial charge in [-0.1, -0.05) is 6.92 Å². The first-order valence-electron chi connectivity index (χ1n) is 9.08. The number of alkyl halides is 6. The Labute approximate surface area is 183 Å². The zero-order chi connectivity index (χ0) is 24.6. The maximum atomic E-state index is 12.9. The molecule has 0 fully saturated rings. The van der Waals surface area contributed by atoms with E-state index in [1.54, 1.807) is 0 Å². The molecule has 0 radical (unpaired) electrons. The average molecular weight is 491 g/mol. The molecule has 176 valence electrons. The number of halogens is 6. The van der Waals surface area contributed by atoms with Crippen LogP contribution >= 0.6 is 0 Å². The summed E-state index contributed by atoms with van der Waals surface area (Å²) in [5.41, 5.74) is 2.37. The highest BCUT2D eigenvalue weighted by molar-refractivity contribution is 7.91. The van der Waals surface area contributed by atoms with Gasteiger partial charge in [-0.2, -0.15) is 26.3 Å². The maximum absolute atomic E-state index is 12.9. The van der Waals surface area contributed by atoms with Gasteiger partial charge in [0.05, 0.1) is 22.0 Å². The smallest absolute Gasteiger partial charge is 0.395 e. The molecule has 1 aromatic carbocycles. The van der Waals surface area contributed by atoms with E-state index in [0.29, 0.717) is 12.1 Å². The van der Waals surface area contributed by atoms with E-state index >= 15 is 0 Å². The third-order valence-electron chi connectivity index (χ3n) is 4.40. The number of hydrogen-bond donors (Lipinski definition) is 1. The lowest BCUT2D eigenvalue weighted by atomic mass is 10.1. The van der Waals surface area contributed by atoms with Crippen molar-refractivity contribution >= 4 is 27.4 Å². The van der Waals surface area contributed by atoms with Crippen LogP contribution in [0.4, 0.5) is 32.0 Å². The van der Waals surface area contributed by atoms with Gasteiger partial charge >= 0.3 is 12.4 Å². The first kappa shape index (κ1) is 24.2. The van der Waals surface area contributed by atoms with Crippen LogP contribution in [0.15, 0.2) is 58.5 Å². The Bertz CT molecular complexity index is 1360. The molecule has 0 aliphatic carbocycles. The largest absolute Gasteiger partial charge is 0.433 e. The summed E-state index contributed by atoms with van der Waals surface area (Å²) in [4.78, 5) is 10.9. The number of rotatable bonds is 5. The SMILES string of the molecule is CCS(=O)(=O)c1cc(N=C/C=C(\N)C(F)(F)F)ccc1-c1cn2cnc(C(F)(F)F)cc2n1. The van der Waals surface area contributed by atoms with Crippen molar-refractivity contribution in [3.8, 4) is 11.3 Å². The molecule has 0 spiro atoms. The zero-order valence-corrected chi connectivity index (χ0v) is 17.5. The molecule has 0 aliphatic heterocycles. The number of allylic oxidation sites excluding steroid dienone is 2. The standard InChI is InChI=1S/C19H15F6N5O2S/c1-2-33(31,32)14-7-11(27-6-5-15(26)18(20,21)22)3-4-12(14)13-9-30-10-28-16(19(23,24)25)8-17(30)29-13/h3-10H,2,26H2,1H3/b15-5-,27-6?. The second-order valence-corrected chi connectivity index (χ2v) is 8.89. The molecular formula is C19H15F6N5O2S. The van der Waals surface area contributed by atoms with E-state index in [-0.39, 0.29) is 33.2 Å². The first-order chi connectivity index (χ1) is 15.2. The van der Waals surface area contributed by atoms with Crippen molar-refractivity contribution in [1.29, 1.82) is 0 Å². The van der Waals surface area contributed by atoms with E-state index in [1.165, 1.54) is 29.7 Å². The lowest BCUT2D eigenvalue weighted by Gasteiger charge is -2.08. The molecule has 0 aliphatic rings. The monoisotopic (exact) mass is 491 g/mol. The van der Waals surface area contributed by atoms with E-state index in [9.17, 15) is 34.8 Å². The van der Waals surface area contributed by atoms with Gasteiger partial charge in [0.1, 0.15) is 23.4 Å². The minimum Gasteiger partial charge on any atom is -0.395 e. The normalized spacial score (nSPS) is 13.8. The van der Waals surface area contributed by atoms with E-state index in [1.807, 2.05) is 0 Å². The second-order valence-electron chi connectivity index (χ2n) is 6.65. The Morgan fingerprint density at radius 1 is 1.18 bits per heavy atom. The topological polar surface area (TPSA) is 103 Å². The van der Waals surface area contributed by atoms with Crippen LogP contribution < -0.4 is 5.73 Å². The molecule has 2 aromatic heterocycles. The molecule has 0 saturated heterocycles. The number of hydrogen-bond acceptors (Lipinski definition) is 6. The van der Waals surface area contributed by atoms with Gasteiger partial charge in [0.15, 0.2) is 9.84 Å². The van der Waals surface area contributed by atoms with Crippen LogP contribution in [0.1, 0.15) is 12.6 Å². The predicted octanol–water partition coefficient (Wildman–Crippen LogP) is 4.32. The number of imidazole rings is 1. The molecule has 0 amide bonds. The highest BCUT2D eigenvalue weighted by Gasteiger charge is 2.33. The van der Waals surface area contributed by atoms with Crippen molar-refractivity contribution in [2.75, 3.05) is 5.75 Å². The number of aromatic nitrogens is 3. The molecule has 2 N–H and O–H groups in total. The number of aliphatic imine (C=N–C) groups is 1. The van der Waals surface area contributed by atoms with Gasteiger partial charge in [0.2, 0.25) is 0 Å². The summed E-state index contributed by atoms with van der Waals surface area (Å²) in [6.07, 6.45) is -5.92. The average Bonchev–Trinajstić information content (AvgIpc) is 3.15. The number of benzene rings is 1. The number of nitrogens with two attached hydrogens (primary N) is 1. The van der Waals surface area contributed by atoms with Crippen LogP contribution in [0.2, 0.25) is 0 Å². The van der Waals surface area contributed by atoms with E-state index < -0.39 is 33.6 Å². The van der Waals surface area contributed by atoms with Gasteiger partial charge in [0, 0.05) is 24.0 Å². The minimum absolute atomic E-state index is 0.0155. The molecule has 0 atom stereocenters. The van der Waals surface area contributed by atoms with Gasteiger partial charge in [0.25, 0.3) is 0 Å². The summed E-state index contributed by atoms with van der Waals surface area (Å²) in [7, 11) is -3.87. The number of sulfone groups is 1. The summed E-state index contributed by atoms with van der Waals surface area (Å²) in [6.45, 7) is 1.38. The highest BCUT2D eigenvalue weighted by Crippen LogP contribution is 2.33. The van der Waals surface area contributed by atoms with Crippen LogP contribution in [0.5, 0.6) is 0 Å². The molecule has 7 nitrogen and oxygen atoms in total. The van der Waals surface area contributed by atoms with Crippen molar-refractivity contribution in [3.05, 3.63) is 54.3 Å². The quantitative estimate of drug-likeness (QED) is 0.423. The van der Waals surface area contributed by atoms with Crippen LogP contribution in [-0.2, 0) is 16.0 Å². The Kier molecular flexibility index (Phi) is 6.24. The molecule has 0 unspecified atom stereocenters. The maximum Gasteiger partial charge on any atom is 0.433 e. The summed E-state index contributed by atoms with van der Waals surface area (Å²) in [5.74, 6) is -0.318. The molecular weight excluding hydrogens is 476 g/mol. The number of nitrogens with zero attached hydrogens (tertiary/aromatic N) is 4. The summed E-state index contributed by atoms with van der Waals surface area (Å²) >= 11 is 0. The second kappa shape index (κ2) is 8.50. The van der Waals surface area contributed by atoms with Gasteiger partial charge in [-0.25, -0.2) is 18.4 Å². The van der Waals surface area contributed by atoms with Crippen molar-refractivity contribution in [2.24, 2.45) is 10.7 Å². The van der Waals surface area contributed by atoms with Crippen molar-refractivity contribution in [2.45, 2.75) is 24.2 Å². The van der Waals surface area contributed by atoms with Crippen molar-refractivity contribution in [1.82, 2.24) is 14.4 Å². The Morgan fingerprint density at radius 2 is 1.88 bits per heavy atom. The van der Waals surface area contributed by atoms with E-state index in [0.717, 1.165) is 18.6 Å². The minimum atomic E-state index is -4.74. The fourth-order valence-electron chi connectivity index (χ4n) is 2.69. The Balaban J connectivity index is 2.09. The molecule has 2 heterocycles. The van der Waals surface area contributed by atoms with Crippen LogP contribution in [-0.4, -0.2) is 40.9 Å². The van der Waals surface area contributed by atoms with E-state index in [4.69, 9.17) is 5.73 Å². The van der Waals surface area contributed by atoms with Gasteiger partial charge < -0.3 is 5.73 Å². The summed E-state index contributed by atoms with van der Waals surface area (Å²) in [5, 5.41) is 0. The molecule has 3 aromatic rings.